The van der Waals surface area contributed by atoms with Crippen molar-refractivity contribution in [3.63, 3.8) is 0 Å². The van der Waals surface area contributed by atoms with Gasteiger partial charge in [0, 0.05) is 23.4 Å². The lowest BCUT2D eigenvalue weighted by atomic mass is 9.95. The first-order valence-corrected chi connectivity index (χ1v) is 10.2. The molecule has 29 heavy (non-hydrogen) atoms. The quantitative estimate of drug-likeness (QED) is 0.651. The Morgan fingerprint density at radius 2 is 1.86 bits per heavy atom. The molecule has 0 aliphatic heterocycles. The van der Waals surface area contributed by atoms with Crippen molar-refractivity contribution in [1.29, 1.82) is 0 Å². The van der Waals surface area contributed by atoms with Crippen molar-refractivity contribution in [3.05, 3.63) is 64.7 Å². The van der Waals surface area contributed by atoms with Crippen molar-refractivity contribution >= 4 is 35.2 Å². The fourth-order valence-corrected chi connectivity index (χ4v) is 3.64. The number of carbonyl (C=O) groups is 2. The van der Waals surface area contributed by atoms with Crippen LogP contribution >= 0.6 is 11.6 Å². The number of anilines is 1. The maximum absolute atomic E-state index is 12.6. The molecule has 0 saturated heterocycles. The Labute approximate surface area is 176 Å². The molecule has 1 fully saturated rings. The molecule has 2 aromatic carbocycles. The topological polar surface area (TPSA) is 67.4 Å². The fourth-order valence-electron chi connectivity index (χ4n) is 3.44. The van der Waals surface area contributed by atoms with Gasteiger partial charge < -0.3 is 15.4 Å². The number of methoxy groups -OCH3 is 1. The summed E-state index contributed by atoms with van der Waals surface area (Å²) in [6.07, 6.45) is 8.58. The number of nitrogens with one attached hydrogen (secondary N) is 2. The lowest BCUT2D eigenvalue weighted by molar-refractivity contribution is -0.111. The van der Waals surface area contributed by atoms with E-state index in [1.54, 1.807) is 31.4 Å². The van der Waals surface area contributed by atoms with Crippen LogP contribution in [0.1, 0.15) is 48.0 Å². The summed E-state index contributed by atoms with van der Waals surface area (Å²) in [7, 11) is 1.58. The molecule has 0 unspecified atom stereocenters. The summed E-state index contributed by atoms with van der Waals surface area (Å²) in [5.41, 5.74) is 1.68. The molecule has 2 N–H and O–H groups in total. The molecule has 6 heteroatoms. The monoisotopic (exact) mass is 412 g/mol. The van der Waals surface area contributed by atoms with Gasteiger partial charge in [-0.3, -0.25) is 9.59 Å². The number of amides is 2. The predicted molar refractivity (Wildman–Crippen MR) is 116 cm³/mol. The Hall–Kier alpha value is -2.79. The van der Waals surface area contributed by atoms with E-state index in [9.17, 15) is 9.59 Å². The predicted octanol–water partition coefficient (Wildman–Crippen LogP) is 5.06. The minimum Gasteiger partial charge on any atom is -0.496 e. The number of hydrogen-bond acceptors (Lipinski definition) is 3. The number of hydrogen-bond donors (Lipinski definition) is 2. The number of rotatable bonds is 6. The lowest BCUT2D eigenvalue weighted by Crippen LogP contribution is -2.36. The molecule has 5 nitrogen and oxygen atoms in total. The van der Waals surface area contributed by atoms with Crippen molar-refractivity contribution in [2.75, 3.05) is 12.4 Å². The second-order valence-electron chi connectivity index (χ2n) is 7.07. The standard InChI is InChI=1S/C23H25ClN2O3/c1-29-21-10-6-5-7-16(21)11-14-22(27)25-18-12-13-20(24)19(15-18)23(28)26-17-8-3-2-4-9-17/h5-7,10-15,17H,2-4,8-9H2,1H3,(H,25,27)(H,26,28)/b14-11+. The molecule has 0 bridgehead atoms. The van der Waals surface area contributed by atoms with Crippen LogP contribution in [0.15, 0.2) is 48.5 Å². The molecule has 1 aliphatic rings. The zero-order valence-corrected chi connectivity index (χ0v) is 17.2. The van der Waals surface area contributed by atoms with E-state index in [4.69, 9.17) is 16.3 Å². The summed E-state index contributed by atoms with van der Waals surface area (Å²) in [6, 6.07) is 12.5. The van der Waals surface area contributed by atoms with E-state index in [1.807, 2.05) is 24.3 Å². The first-order chi connectivity index (χ1) is 14.1. The number of carbonyl (C=O) groups excluding carboxylic acids is 2. The Morgan fingerprint density at radius 1 is 1.10 bits per heavy atom. The molecule has 0 aromatic heterocycles. The maximum atomic E-state index is 12.6. The van der Waals surface area contributed by atoms with Crippen LogP contribution in [0.2, 0.25) is 5.02 Å². The SMILES string of the molecule is COc1ccccc1/C=C/C(=O)Nc1ccc(Cl)c(C(=O)NC2CCCCC2)c1. The molecule has 0 heterocycles. The molecule has 1 aliphatic carbocycles. The summed E-state index contributed by atoms with van der Waals surface area (Å²) < 4.78 is 5.27. The summed E-state index contributed by atoms with van der Waals surface area (Å²) in [5, 5.41) is 6.18. The van der Waals surface area contributed by atoms with Gasteiger partial charge in [0.25, 0.3) is 5.91 Å². The Kier molecular flexibility index (Phi) is 7.30. The van der Waals surface area contributed by atoms with Crippen LogP contribution < -0.4 is 15.4 Å². The lowest BCUT2D eigenvalue weighted by Gasteiger charge is -2.23. The number of benzene rings is 2. The average molecular weight is 413 g/mol. The first kappa shape index (κ1) is 20.9. The Bertz CT molecular complexity index is 905. The zero-order valence-electron chi connectivity index (χ0n) is 16.4. The van der Waals surface area contributed by atoms with Gasteiger partial charge in [-0.25, -0.2) is 0 Å². The molecular formula is C23H25ClN2O3. The van der Waals surface area contributed by atoms with Crippen molar-refractivity contribution in [2.45, 2.75) is 38.1 Å². The summed E-state index contributed by atoms with van der Waals surface area (Å²) >= 11 is 6.22. The van der Waals surface area contributed by atoms with Gasteiger partial charge in [-0.2, -0.15) is 0 Å². The molecule has 1 saturated carbocycles. The number of halogens is 1. The minimum atomic E-state index is -0.308. The van der Waals surface area contributed by atoms with E-state index in [0.717, 1.165) is 31.2 Å². The Balaban J connectivity index is 1.66. The van der Waals surface area contributed by atoms with Crippen LogP contribution in [-0.4, -0.2) is 25.0 Å². The molecular weight excluding hydrogens is 388 g/mol. The third kappa shape index (κ3) is 5.84. The Morgan fingerprint density at radius 3 is 2.62 bits per heavy atom. The summed E-state index contributed by atoms with van der Waals surface area (Å²) in [6.45, 7) is 0. The van der Waals surface area contributed by atoms with Gasteiger partial charge in [-0.15, -0.1) is 0 Å². The second kappa shape index (κ2) is 10.1. The van der Waals surface area contributed by atoms with Crippen molar-refractivity contribution in [3.8, 4) is 5.75 Å². The highest BCUT2D eigenvalue weighted by atomic mass is 35.5. The summed E-state index contributed by atoms with van der Waals surface area (Å²) in [5.74, 6) is 0.171. The van der Waals surface area contributed by atoms with Crippen molar-refractivity contribution in [2.24, 2.45) is 0 Å². The van der Waals surface area contributed by atoms with Gasteiger partial charge in [0.15, 0.2) is 0 Å². The van der Waals surface area contributed by atoms with Gasteiger partial charge in [-0.1, -0.05) is 49.1 Å². The van der Waals surface area contributed by atoms with Crippen molar-refractivity contribution in [1.82, 2.24) is 5.32 Å². The van der Waals surface area contributed by atoms with Gasteiger partial charge in [0.2, 0.25) is 5.91 Å². The van der Waals surface area contributed by atoms with Crippen LogP contribution in [0.4, 0.5) is 5.69 Å². The highest BCUT2D eigenvalue weighted by Gasteiger charge is 2.18. The van der Waals surface area contributed by atoms with Gasteiger partial charge in [0.1, 0.15) is 5.75 Å². The van der Waals surface area contributed by atoms with Gasteiger partial charge in [0.05, 0.1) is 17.7 Å². The number of para-hydroxylation sites is 1. The van der Waals surface area contributed by atoms with Crippen LogP contribution in [0.25, 0.3) is 6.08 Å². The van der Waals surface area contributed by atoms with Crippen LogP contribution in [0.3, 0.4) is 0 Å². The fraction of sp³-hybridized carbons (Fsp3) is 0.304. The second-order valence-corrected chi connectivity index (χ2v) is 7.47. The van der Waals surface area contributed by atoms with E-state index in [-0.39, 0.29) is 17.9 Å². The first-order valence-electron chi connectivity index (χ1n) is 9.79. The van der Waals surface area contributed by atoms with Crippen LogP contribution in [0.5, 0.6) is 5.75 Å². The molecule has 3 rings (SSSR count). The van der Waals surface area contributed by atoms with Crippen LogP contribution in [-0.2, 0) is 4.79 Å². The zero-order chi connectivity index (χ0) is 20.6. The van der Waals surface area contributed by atoms with E-state index in [2.05, 4.69) is 10.6 Å². The maximum Gasteiger partial charge on any atom is 0.253 e. The number of ether oxygens (including phenoxy) is 1. The van der Waals surface area contributed by atoms with Crippen LogP contribution in [0, 0.1) is 0 Å². The normalized spacial score (nSPS) is 14.6. The summed E-state index contributed by atoms with van der Waals surface area (Å²) in [4.78, 5) is 24.9. The molecule has 0 spiro atoms. The van der Waals surface area contributed by atoms with E-state index >= 15 is 0 Å². The third-order valence-corrected chi connectivity index (χ3v) is 5.30. The highest BCUT2D eigenvalue weighted by Crippen LogP contribution is 2.23. The molecule has 0 radical (unpaired) electrons. The smallest absolute Gasteiger partial charge is 0.253 e. The highest BCUT2D eigenvalue weighted by molar-refractivity contribution is 6.34. The average Bonchev–Trinajstić information content (AvgIpc) is 2.74. The van der Waals surface area contributed by atoms with E-state index in [0.29, 0.717) is 22.0 Å². The third-order valence-electron chi connectivity index (χ3n) is 4.97. The molecule has 152 valence electrons. The molecule has 2 aromatic rings. The van der Waals surface area contributed by atoms with Gasteiger partial charge in [-0.05, 0) is 43.2 Å². The largest absolute Gasteiger partial charge is 0.496 e. The van der Waals surface area contributed by atoms with E-state index < -0.39 is 0 Å². The molecule has 0 atom stereocenters. The van der Waals surface area contributed by atoms with Crippen molar-refractivity contribution < 1.29 is 14.3 Å². The van der Waals surface area contributed by atoms with E-state index in [1.165, 1.54) is 12.5 Å². The molecule has 2 amide bonds. The minimum absolute atomic E-state index is 0.189. The van der Waals surface area contributed by atoms with Gasteiger partial charge >= 0.3 is 0 Å².